The Morgan fingerprint density at radius 2 is 1.58 bits per heavy atom. The Balaban J connectivity index is 1.74. The zero-order valence-corrected chi connectivity index (χ0v) is 17.7. The highest BCUT2D eigenvalue weighted by Crippen LogP contribution is 2.22. The van der Waals surface area contributed by atoms with Crippen molar-refractivity contribution in [2.24, 2.45) is 0 Å². The Labute approximate surface area is 183 Å². The third kappa shape index (κ3) is 5.82. The predicted molar refractivity (Wildman–Crippen MR) is 126 cm³/mol. The second kappa shape index (κ2) is 10.8. The fourth-order valence-corrected chi connectivity index (χ4v) is 3.16. The smallest absolute Gasteiger partial charge is 0.260 e. The number of ether oxygens (including phenoxy) is 1. The second-order valence-electron chi connectivity index (χ2n) is 6.76. The number of hydrogen-bond acceptors (Lipinski definition) is 3. The summed E-state index contributed by atoms with van der Waals surface area (Å²) in [5, 5.41) is 2.83. The Kier molecular flexibility index (Phi) is 7.60. The number of anilines is 2. The van der Waals surface area contributed by atoms with Crippen LogP contribution in [-0.4, -0.2) is 25.0 Å². The van der Waals surface area contributed by atoms with Crippen LogP contribution in [0.2, 0.25) is 0 Å². The van der Waals surface area contributed by atoms with Gasteiger partial charge in [0.1, 0.15) is 5.75 Å². The first-order valence-electron chi connectivity index (χ1n) is 10.3. The van der Waals surface area contributed by atoms with Crippen LogP contribution < -0.4 is 15.0 Å². The molecule has 5 heteroatoms. The van der Waals surface area contributed by atoms with Gasteiger partial charge in [-0.2, -0.15) is 0 Å². The van der Waals surface area contributed by atoms with E-state index in [0.717, 1.165) is 17.0 Å². The molecule has 31 heavy (non-hydrogen) atoms. The molecule has 0 unspecified atom stereocenters. The van der Waals surface area contributed by atoms with E-state index in [4.69, 9.17) is 4.74 Å². The van der Waals surface area contributed by atoms with Crippen molar-refractivity contribution in [2.75, 3.05) is 23.4 Å². The summed E-state index contributed by atoms with van der Waals surface area (Å²) in [6, 6.07) is 24.0. The number of rotatable bonds is 8. The van der Waals surface area contributed by atoms with Gasteiger partial charge in [0.05, 0.1) is 17.9 Å². The summed E-state index contributed by atoms with van der Waals surface area (Å²) in [5.74, 6) is 0.312. The van der Waals surface area contributed by atoms with E-state index < -0.39 is 0 Å². The van der Waals surface area contributed by atoms with E-state index in [1.165, 1.54) is 6.08 Å². The van der Waals surface area contributed by atoms with Gasteiger partial charge in [0, 0.05) is 18.3 Å². The molecule has 0 aliphatic carbocycles. The lowest BCUT2D eigenvalue weighted by atomic mass is 10.1. The van der Waals surface area contributed by atoms with Crippen molar-refractivity contribution in [3.05, 3.63) is 96.1 Å². The van der Waals surface area contributed by atoms with Crippen molar-refractivity contribution in [3.63, 3.8) is 0 Å². The quantitative estimate of drug-likeness (QED) is 0.502. The molecule has 0 aromatic heterocycles. The molecule has 0 bridgehead atoms. The molecule has 0 aliphatic heterocycles. The van der Waals surface area contributed by atoms with Gasteiger partial charge in [0.25, 0.3) is 5.91 Å². The van der Waals surface area contributed by atoms with Gasteiger partial charge in [0.15, 0.2) is 0 Å². The van der Waals surface area contributed by atoms with Crippen molar-refractivity contribution in [1.29, 1.82) is 0 Å². The molecule has 0 atom stereocenters. The molecular formula is C26H26N2O3. The molecule has 158 valence electrons. The molecule has 1 N–H and O–H groups in total. The van der Waals surface area contributed by atoms with Gasteiger partial charge in [-0.3, -0.25) is 9.59 Å². The lowest BCUT2D eigenvalue weighted by Crippen LogP contribution is -2.31. The minimum absolute atomic E-state index is 0.167. The molecule has 3 aromatic rings. The van der Waals surface area contributed by atoms with E-state index in [1.54, 1.807) is 35.2 Å². The third-order valence-corrected chi connectivity index (χ3v) is 4.66. The van der Waals surface area contributed by atoms with Gasteiger partial charge in [-0.25, -0.2) is 0 Å². The van der Waals surface area contributed by atoms with E-state index in [0.29, 0.717) is 24.4 Å². The molecule has 5 nitrogen and oxygen atoms in total. The lowest BCUT2D eigenvalue weighted by molar-refractivity contribution is -0.111. The topological polar surface area (TPSA) is 58.6 Å². The minimum atomic E-state index is -0.308. The van der Waals surface area contributed by atoms with Crippen molar-refractivity contribution in [1.82, 2.24) is 0 Å². The molecule has 0 fully saturated rings. The van der Waals surface area contributed by atoms with Crippen molar-refractivity contribution in [2.45, 2.75) is 13.8 Å². The number of nitrogens with zero attached hydrogens (tertiary/aromatic N) is 1. The van der Waals surface area contributed by atoms with Gasteiger partial charge >= 0.3 is 0 Å². The fourth-order valence-electron chi connectivity index (χ4n) is 3.16. The van der Waals surface area contributed by atoms with E-state index >= 15 is 0 Å². The molecule has 0 saturated heterocycles. The number of benzene rings is 3. The number of para-hydroxylation sites is 2. The Bertz CT molecular complexity index is 1040. The van der Waals surface area contributed by atoms with Crippen LogP contribution in [0.25, 0.3) is 6.08 Å². The maximum Gasteiger partial charge on any atom is 0.260 e. The SMILES string of the molecule is CCOc1ccc(/C=C/C(=O)Nc2ccccc2C(=O)N(CC)c2ccccc2)cc1. The third-order valence-electron chi connectivity index (χ3n) is 4.66. The Morgan fingerprint density at radius 3 is 2.26 bits per heavy atom. The molecule has 0 spiro atoms. The zero-order chi connectivity index (χ0) is 22.1. The number of nitrogens with one attached hydrogen (secondary N) is 1. The van der Waals surface area contributed by atoms with Gasteiger partial charge in [-0.15, -0.1) is 0 Å². The normalized spacial score (nSPS) is 10.6. The van der Waals surface area contributed by atoms with Crippen LogP contribution in [0.15, 0.2) is 84.9 Å². The summed E-state index contributed by atoms with van der Waals surface area (Å²) >= 11 is 0. The summed E-state index contributed by atoms with van der Waals surface area (Å²) in [5.41, 5.74) is 2.61. The van der Waals surface area contributed by atoms with Crippen LogP contribution in [0.3, 0.4) is 0 Å². The second-order valence-corrected chi connectivity index (χ2v) is 6.76. The lowest BCUT2D eigenvalue weighted by Gasteiger charge is -2.22. The Morgan fingerprint density at radius 1 is 0.903 bits per heavy atom. The number of hydrogen-bond donors (Lipinski definition) is 1. The van der Waals surface area contributed by atoms with E-state index in [9.17, 15) is 9.59 Å². The van der Waals surface area contributed by atoms with Crippen molar-refractivity contribution >= 4 is 29.3 Å². The van der Waals surface area contributed by atoms with E-state index in [-0.39, 0.29) is 11.8 Å². The summed E-state index contributed by atoms with van der Waals surface area (Å²) in [7, 11) is 0. The number of amides is 2. The standard InChI is InChI=1S/C26H26N2O3/c1-3-28(21-10-6-5-7-11-21)26(30)23-12-8-9-13-24(23)27-25(29)19-16-20-14-17-22(18-15-20)31-4-2/h5-19H,3-4H2,1-2H3,(H,27,29)/b19-16+. The molecule has 3 rings (SSSR count). The predicted octanol–water partition coefficient (Wildman–Crippen LogP) is 5.40. The van der Waals surface area contributed by atoms with Crippen LogP contribution >= 0.6 is 0 Å². The average molecular weight is 415 g/mol. The average Bonchev–Trinajstić information content (AvgIpc) is 2.80. The van der Waals surface area contributed by atoms with E-state index in [2.05, 4.69) is 5.32 Å². The first kappa shape index (κ1) is 21.8. The molecular weight excluding hydrogens is 388 g/mol. The highest BCUT2D eigenvalue weighted by molar-refractivity contribution is 6.12. The molecule has 0 aliphatic rings. The van der Waals surface area contributed by atoms with E-state index in [1.807, 2.05) is 68.4 Å². The van der Waals surface area contributed by atoms with Crippen LogP contribution in [0, 0.1) is 0 Å². The number of carbonyl (C=O) groups excluding carboxylic acids is 2. The van der Waals surface area contributed by atoms with Crippen LogP contribution in [0.1, 0.15) is 29.8 Å². The van der Waals surface area contributed by atoms with Gasteiger partial charge < -0.3 is 15.0 Å². The summed E-state index contributed by atoms with van der Waals surface area (Å²) < 4.78 is 5.42. The number of carbonyl (C=O) groups is 2. The monoisotopic (exact) mass is 414 g/mol. The molecule has 0 radical (unpaired) electrons. The molecule has 0 saturated carbocycles. The fraction of sp³-hybridized carbons (Fsp3) is 0.154. The molecule has 3 aromatic carbocycles. The first-order chi connectivity index (χ1) is 15.1. The van der Waals surface area contributed by atoms with Crippen LogP contribution in [0.5, 0.6) is 5.75 Å². The summed E-state index contributed by atoms with van der Waals surface area (Å²) in [4.78, 5) is 27.4. The Hall–Kier alpha value is -3.86. The van der Waals surface area contributed by atoms with Crippen molar-refractivity contribution < 1.29 is 14.3 Å². The van der Waals surface area contributed by atoms with Crippen LogP contribution in [0.4, 0.5) is 11.4 Å². The molecule has 0 heterocycles. The highest BCUT2D eigenvalue weighted by Gasteiger charge is 2.19. The maximum absolute atomic E-state index is 13.2. The zero-order valence-electron chi connectivity index (χ0n) is 17.7. The first-order valence-corrected chi connectivity index (χ1v) is 10.3. The summed E-state index contributed by atoms with van der Waals surface area (Å²) in [6.45, 7) is 4.98. The van der Waals surface area contributed by atoms with Gasteiger partial charge in [0.2, 0.25) is 5.91 Å². The summed E-state index contributed by atoms with van der Waals surface area (Å²) in [6.07, 6.45) is 3.17. The van der Waals surface area contributed by atoms with Gasteiger partial charge in [-0.05, 0) is 61.9 Å². The molecule has 2 amide bonds. The van der Waals surface area contributed by atoms with Crippen LogP contribution in [-0.2, 0) is 4.79 Å². The van der Waals surface area contributed by atoms with Crippen molar-refractivity contribution in [3.8, 4) is 5.75 Å². The largest absolute Gasteiger partial charge is 0.494 e. The highest BCUT2D eigenvalue weighted by atomic mass is 16.5. The van der Waals surface area contributed by atoms with Gasteiger partial charge in [-0.1, -0.05) is 42.5 Å². The minimum Gasteiger partial charge on any atom is -0.494 e. The maximum atomic E-state index is 13.2.